The van der Waals surface area contributed by atoms with Crippen molar-refractivity contribution < 1.29 is 14.0 Å². The molecule has 0 saturated carbocycles. The van der Waals surface area contributed by atoms with Crippen LogP contribution in [0.4, 0.5) is 0 Å². The Balaban J connectivity index is 2.82. The van der Waals surface area contributed by atoms with Gasteiger partial charge in [-0.25, -0.2) is 0 Å². The first-order chi connectivity index (χ1) is 3.27. The van der Waals surface area contributed by atoms with E-state index in [9.17, 15) is 4.57 Å². The standard InChI is InChI=1S/C2H6ClO3P/c3-1-2-6-7(4)5/h7H,1-2H2,(H,4,5). The Labute approximate surface area is 47.2 Å². The van der Waals surface area contributed by atoms with Crippen LogP contribution in [0.25, 0.3) is 0 Å². The predicted molar refractivity (Wildman–Crippen MR) is 27.9 cm³/mol. The third kappa shape index (κ3) is 6.44. The lowest BCUT2D eigenvalue weighted by atomic mass is 10.9. The van der Waals surface area contributed by atoms with Crippen LogP contribution in [0, 0.1) is 0 Å². The molecule has 0 aliphatic carbocycles. The topological polar surface area (TPSA) is 46.5 Å². The molecule has 0 aliphatic heterocycles. The molecule has 7 heavy (non-hydrogen) atoms. The van der Waals surface area contributed by atoms with Crippen molar-refractivity contribution in [2.24, 2.45) is 0 Å². The molecule has 0 spiro atoms. The van der Waals surface area contributed by atoms with Crippen LogP contribution in [0.15, 0.2) is 0 Å². The summed E-state index contributed by atoms with van der Waals surface area (Å²) in [7, 11) is -2.73. The first-order valence-electron chi connectivity index (χ1n) is 1.69. The number of halogens is 1. The molecule has 0 saturated heterocycles. The molecule has 0 amide bonds. The predicted octanol–water partition coefficient (Wildman–Crippen LogP) is 0.624. The van der Waals surface area contributed by atoms with Crippen molar-refractivity contribution in [2.75, 3.05) is 12.5 Å². The quantitative estimate of drug-likeness (QED) is 0.467. The summed E-state index contributed by atoms with van der Waals surface area (Å²) in [6.45, 7) is 0.149. The second kappa shape index (κ2) is 4.60. The van der Waals surface area contributed by atoms with E-state index in [1.165, 1.54) is 0 Å². The van der Waals surface area contributed by atoms with Crippen molar-refractivity contribution >= 4 is 19.9 Å². The van der Waals surface area contributed by atoms with Gasteiger partial charge in [-0.2, -0.15) is 0 Å². The van der Waals surface area contributed by atoms with Gasteiger partial charge in [0.25, 0.3) is 0 Å². The van der Waals surface area contributed by atoms with E-state index in [1.807, 2.05) is 0 Å². The first-order valence-corrected chi connectivity index (χ1v) is 3.49. The van der Waals surface area contributed by atoms with Crippen LogP contribution in [0.3, 0.4) is 0 Å². The van der Waals surface area contributed by atoms with E-state index >= 15 is 0 Å². The third-order valence-corrected chi connectivity index (χ3v) is 0.908. The lowest BCUT2D eigenvalue weighted by Gasteiger charge is -1.90. The van der Waals surface area contributed by atoms with Gasteiger partial charge in [0, 0.05) is 5.88 Å². The van der Waals surface area contributed by atoms with Gasteiger partial charge in [0.15, 0.2) is 0 Å². The Hall–Kier alpha value is 0.440. The Morgan fingerprint density at radius 2 is 2.43 bits per heavy atom. The van der Waals surface area contributed by atoms with Crippen LogP contribution in [0.2, 0.25) is 0 Å². The molecule has 44 valence electrons. The summed E-state index contributed by atoms with van der Waals surface area (Å²) < 4.78 is 13.8. The summed E-state index contributed by atoms with van der Waals surface area (Å²) in [5.41, 5.74) is 0. The summed E-state index contributed by atoms with van der Waals surface area (Å²) in [6.07, 6.45) is 0. The number of rotatable bonds is 3. The van der Waals surface area contributed by atoms with Gasteiger partial charge in [-0.3, -0.25) is 4.57 Å². The van der Waals surface area contributed by atoms with E-state index in [0.29, 0.717) is 0 Å². The number of hydrogen-bond acceptors (Lipinski definition) is 2. The van der Waals surface area contributed by atoms with Crippen molar-refractivity contribution in [3.63, 3.8) is 0 Å². The maximum Gasteiger partial charge on any atom is 0.316 e. The van der Waals surface area contributed by atoms with Gasteiger partial charge in [0.1, 0.15) is 0 Å². The minimum atomic E-state index is -2.73. The fourth-order valence-corrected chi connectivity index (χ4v) is 0.609. The van der Waals surface area contributed by atoms with Crippen molar-refractivity contribution in [3.05, 3.63) is 0 Å². The largest absolute Gasteiger partial charge is 0.326 e. The van der Waals surface area contributed by atoms with E-state index in [2.05, 4.69) is 4.52 Å². The molecular formula is C2H6ClO3P. The van der Waals surface area contributed by atoms with Gasteiger partial charge in [0.2, 0.25) is 0 Å². The van der Waals surface area contributed by atoms with Crippen LogP contribution in [-0.2, 0) is 9.09 Å². The average molecular weight is 144 g/mol. The normalized spacial score (nSPS) is 14.0. The van der Waals surface area contributed by atoms with Gasteiger partial charge in [-0.15, -0.1) is 11.6 Å². The van der Waals surface area contributed by atoms with Crippen LogP contribution in [-0.4, -0.2) is 17.4 Å². The van der Waals surface area contributed by atoms with Crippen LogP contribution in [0.5, 0.6) is 0 Å². The van der Waals surface area contributed by atoms with Crippen LogP contribution in [0.1, 0.15) is 0 Å². The first kappa shape index (κ1) is 7.44. The molecule has 0 aromatic carbocycles. The molecule has 0 rings (SSSR count). The SMILES string of the molecule is O=[PH](O)OCCCl. The van der Waals surface area contributed by atoms with Crippen LogP contribution < -0.4 is 0 Å². The van der Waals surface area contributed by atoms with Crippen molar-refractivity contribution in [2.45, 2.75) is 0 Å². The fraction of sp³-hybridized carbons (Fsp3) is 1.00. The lowest BCUT2D eigenvalue weighted by molar-refractivity contribution is 0.299. The summed E-state index contributed by atoms with van der Waals surface area (Å²) in [5, 5.41) is 0. The third-order valence-electron chi connectivity index (χ3n) is 0.303. The summed E-state index contributed by atoms with van der Waals surface area (Å²) >= 11 is 5.09. The maximum atomic E-state index is 9.66. The molecule has 1 atom stereocenters. The van der Waals surface area contributed by atoms with Gasteiger partial charge in [-0.1, -0.05) is 0 Å². The second-order valence-corrected chi connectivity index (χ2v) is 2.00. The zero-order valence-corrected chi connectivity index (χ0v) is 5.31. The zero-order valence-electron chi connectivity index (χ0n) is 3.56. The molecule has 0 heterocycles. The Bertz CT molecular complexity index is 66.0. The fourth-order valence-electron chi connectivity index (χ4n) is 0.126. The summed E-state index contributed by atoms with van der Waals surface area (Å²) in [4.78, 5) is 7.95. The molecule has 0 aromatic rings. The molecule has 0 bridgehead atoms. The molecule has 1 N–H and O–H groups in total. The maximum absolute atomic E-state index is 9.66. The Kier molecular flexibility index (Phi) is 4.88. The average Bonchev–Trinajstić information content (AvgIpc) is 1.61. The Morgan fingerprint density at radius 3 is 2.57 bits per heavy atom. The van der Waals surface area contributed by atoms with E-state index in [0.717, 1.165) is 0 Å². The van der Waals surface area contributed by atoms with Crippen molar-refractivity contribution in [3.8, 4) is 0 Å². The molecular weight excluding hydrogens is 138 g/mol. The number of alkyl halides is 1. The molecule has 0 fully saturated rings. The van der Waals surface area contributed by atoms with Crippen LogP contribution >= 0.6 is 19.9 Å². The monoisotopic (exact) mass is 144 g/mol. The molecule has 3 nitrogen and oxygen atoms in total. The molecule has 1 unspecified atom stereocenters. The highest BCUT2D eigenvalue weighted by Gasteiger charge is 1.86. The summed E-state index contributed by atoms with van der Waals surface area (Å²) in [5.74, 6) is 0.261. The minimum absolute atomic E-state index is 0.149. The molecule has 5 heteroatoms. The van der Waals surface area contributed by atoms with E-state index in [-0.39, 0.29) is 12.5 Å². The van der Waals surface area contributed by atoms with Gasteiger partial charge in [0.05, 0.1) is 6.61 Å². The van der Waals surface area contributed by atoms with E-state index in [4.69, 9.17) is 16.5 Å². The molecule has 0 aliphatic rings. The van der Waals surface area contributed by atoms with Crippen molar-refractivity contribution in [1.82, 2.24) is 0 Å². The Morgan fingerprint density at radius 1 is 1.86 bits per heavy atom. The number of hydrogen-bond donors (Lipinski definition) is 1. The highest BCUT2D eigenvalue weighted by molar-refractivity contribution is 7.32. The second-order valence-electron chi connectivity index (χ2n) is 0.803. The van der Waals surface area contributed by atoms with E-state index in [1.54, 1.807) is 0 Å². The minimum Gasteiger partial charge on any atom is -0.326 e. The molecule has 0 aromatic heterocycles. The highest BCUT2D eigenvalue weighted by Crippen LogP contribution is 2.12. The summed E-state index contributed by atoms with van der Waals surface area (Å²) in [6, 6.07) is 0. The van der Waals surface area contributed by atoms with Gasteiger partial charge in [-0.05, 0) is 0 Å². The van der Waals surface area contributed by atoms with Gasteiger partial charge >= 0.3 is 8.25 Å². The zero-order chi connectivity index (χ0) is 5.70. The van der Waals surface area contributed by atoms with Gasteiger partial charge < -0.3 is 9.42 Å². The van der Waals surface area contributed by atoms with Crippen molar-refractivity contribution in [1.29, 1.82) is 0 Å². The van der Waals surface area contributed by atoms with E-state index < -0.39 is 8.25 Å². The lowest BCUT2D eigenvalue weighted by Crippen LogP contribution is -1.84. The molecule has 0 radical (unpaired) electrons. The highest BCUT2D eigenvalue weighted by atomic mass is 35.5. The smallest absolute Gasteiger partial charge is 0.316 e.